The third-order valence-corrected chi connectivity index (χ3v) is 5.20. The van der Waals surface area contributed by atoms with Crippen molar-refractivity contribution in [3.8, 4) is 11.6 Å². The van der Waals surface area contributed by atoms with Crippen LogP contribution in [0.25, 0.3) is 0 Å². The quantitative estimate of drug-likeness (QED) is 0.380. The topological polar surface area (TPSA) is 147 Å². The van der Waals surface area contributed by atoms with Crippen LogP contribution in [-0.2, 0) is 13.1 Å². The molecule has 0 fully saturated rings. The average Bonchev–Trinajstić information content (AvgIpc) is 2.84. The van der Waals surface area contributed by atoms with Crippen LogP contribution < -0.4 is 27.2 Å². The zero-order valence-corrected chi connectivity index (χ0v) is 19.3. The molecule has 0 bridgehead atoms. The van der Waals surface area contributed by atoms with Gasteiger partial charge in [-0.1, -0.05) is 23.7 Å². The Bertz CT molecular complexity index is 1460. The minimum Gasteiger partial charge on any atom is -0.438 e. The molecule has 0 saturated heterocycles. The number of anilines is 2. The summed E-state index contributed by atoms with van der Waals surface area (Å²) in [4.78, 5) is 40.5. The third-order valence-electron chi connectivity index (χ3n) is 4.95. The van der Waals surface area contributed by atoms with Crippen molar-refractivity contribution in [1.29, 1.82) is 0 Å². The first-order chi connectivity index (χ1) is 16.8. The zero-order valence-electron chi connectivity index (χ0n) is 18.5. The van der Waals surface area contributed by atoms with E-state index in [4.69, 9.17) is 22.1 Å². The van der Waals surface area contributed by atoms with Crippen molar-refractivity contribution in [2.45, 2.75) is 20.0 Å². The Balaban J connectivity index is 1.58. The lowest BCUT2D eigenvalue weighted by Crippen LogP contribution is -2.42. The molecule has 2 heterocycles. The number of nitrogens with zero attached hydrogens (tertiary/aromatic N) is 5. The van der Waals surface area contributed by atoms with Crippen LogP contribution in [0.2, 0.25) is 5.02 Å². The molecule has 3 N–H and O–H groups in total. The Kier molecular flexibility index (Phi) is 6.88. The van der Waals surface area contributed by atoms with Crippen LogP contribution in [0.15, 0.2) is 70.3 Å². The maximum absolute atomic E-state index is 13.0. The highest BCUT2D eigenvalue weighted by molar-refractivity contribution is 6.30. The number of benzene rings is 2. The largest absolute Gasteiger partial charge is 0.438 e. The Morgan fingerprint density at radius 3 is 2.31 bits per heavy atom. The molecule has 11 nitrogen and oxygen atoms in total. The molecule has 2 aromatic carbocycles. The van der Waals surface area contributed by atoms with E-state index in [0.29, 0.717) is 16.5 Å². The molecule has 0 saturated carbocycles. The molecule has 0 aliphatic carbocycles. The normalized spacial score (nSPS) is 10.7. The van der Waals surface area contributed by atoms with Crippen molar-refractivity contribution in [1.82, 2.24) is 24.3 Å². The van der Waals surface area contributed by atoms with Crippen LogP contribution in [-0.4, -0.2) is 30.2 Å². The number of hydrogen-bond donors (Lipinski definition) is 2. The summed E-state index contributed by atoms with van der Waals surface area (Å²) in [6.07, 6.45) is 0. The minimum atomic E-state index is -0.686. The second-order valence-electron chi connectivity index (χ2n) is 7.33. The summed E-state index contributed by atoms with van der Waals surface area (Å²) in [6.45, 7) is 2.09. The average molecular weight is 494 g/mol. The van der Waals surface area contributed by atoms with Crippen LogP contribution in [0.1, 0.15) is 23.0 Å². The van der Waals surface area contributed by atoms with Crippen molar-refractivity contribution < 1.29 is 9.53 Å². The van der Waals surface area contributed by atoms with Gasteiger partial charge in [0.2, 0.25) is 11.8 Å². The van der Waals surface area contributed by atoms with Crippen molar-refractivity contribution in [3.05, 3.63) is 97.9 Å². The highest BCUT2D eigenvalue weighted by Gasteiger charge is 2.13. The highest BCUT2D eigenvalue weighted by Crippen LogP contribution is 2.22. The number of nitrogens with one attached hydrogen (secondary N) is 1. The molecule has 4 rings (SSSR count). The molecule has 4 aromatic rings. The summed E-state index contributed by atoms with van der Waals surface area (Å²) in [6, 6.07) is 16.6. The Morgan fingerprint density at radius 2 is 1.71 bits per heavy atom. The summed E-state index contributed by atoms with van der Waals surface area (Å²) >= 11 is 5.96. The van der Waals surface area contributed by atoms with Crippen molar-refractivity contribution in [2.24, 2.45) is 5.73 Å². The lowest BCUT2D eigenvalue weighted by molar-refractivity contribution is 0.0994. The summed E-state index contributed by atoms with van der Waals surface area (Å²) in [5, 5.41) is 11.1. The fraction of sp³-hybridized carbons (Fsp3) is 0.130. The van der Waals surface area contributed by atoms with E-state index in [1.165, 1.54) is 16.7 Å². The first kappa shape index (κ1) is 23.6. The number of halogens is 1. The Labute approximate surface area is 203 Å². The first-order valence-corrected chi connectivity index (χ1v) is 10.9. The summed E-state index contributed by atoms with van der Waals surface area (Å²) in [7, 11) is 0. The van der Waals surface area contributed by atoms with Crippen LogP contribution >= 0.6 is 11.6 Å². The lowest BCUT2D eigenvalue weighted by Gasteiger charge is -2.15. The Hall–Kier alpha value is -4.51. The minimum absolute atomic E-state index is 0.0269. The Morgan fingerprint density at radius 1 is 1.00 bits per heavy atom. The zero-order chi connectivity index (χ0) is 24.9. The van der Waals surface area contributed by atoms with Crippen LogP contribution in [0, 0.1) is 0 Å². The van der Waals surface area contributed by atoms with Crippen LogP contribution in [0.3, 0.4) is 0 Å². The van der Waals surface area contributed by atoms with Crippen molar-refractivity contribution >= 4 is 29.1 Å². The SMILES string of the molecule is CCn1c(=O)nc(Nc2ccc(Oc3ccc(C(N)=O)nn3)cc2)n(Cc2ccc(Cl)cc2)c1=O. The number of nitrogens with two attached hydrogens (primary N) is 1. The van der Waals surface area contributed by atoms with Gasteiger partial charge in [0.1, 0.15) is 5.75 Å². The maximum atomic E-state index is 13.0. The van der Waals surface area contributed by atoms with E-state index in [-0.39, 0.29) is 30.6 Å². The fourth-order valence-electron chi connectivity index (χ4n) is 3.17. The second kappa shape index (κ2) is 10.2. The van der Waals surface area contributed by atoms with E-state index in [0.717, 1.165) is 10.1 Å². The van der Waals surface area contributed by atoms with Gasteiger partial charge in [-0.2, -0.15) is 4.98 Å². The number of carbonyl (C=O) groups excluding carboxylic acids is 1. The molecule has 1 amide bonds. The standard InChI is InChI=1S/C23H20ClN7O4/c1-2-30-22(33)27-21(31(23(30)34)13-14-3-5-15(24)6-4-14)26-16-7-9-17(10-8-16)35-19-12-11-18(20(25)32)28-29-19/h3-12H,2,13H2,1H3,(H2,25,32)(H,26,27,33). The van der Waals surface area contributed by atoms with Gasteiger partial charge in [0.25, 0.3) is 5.91 Å². The summed E-state index contributed by atoms with van der Waals surface area (Å²) < 4.78 is 8.05. The van der Waals surface area contributed by atoms with Gasteiger partial charge in [0.15, 0.2) is 5.69 Å². The van der Waals surface area contributed by atoms with Gasteiger partial charge >= 0.3 is 11.4 Å². The maximum Gasteiger partial charge on any atom is 0.354 e. The van der Waals surface area contributed by atoms with Crippen molar-refractivity contribution in [3.63, 3.8) is 0 Å². The second-order valence-corrected chi connectivity index (χ2v) is 7.77. The van der Waals surface area contributed by atoms with E-state index in [1.807, 2.05) is 0 Å². The molecule has 0 radical (unpaired) electrons. The predicted octanol–water partition coefficient (Wildman–Crippen LogP) is 2.55. The molecule has 178 valence electrons. The predicted molar refractivity (Wildman–Crippen MR) is 129 cm³/mol. The lowest BCUT2D eigenvalue weighted by atomic mass is 10.2. The monoisotopic (exact) mass is 493 g/mol. The summed E-state index contributed by atoms with van der Waals surface area (Å²) in [5.41, 5.74) is 5.43. The molecule has 0 aliphatic rings. The number of hydrogen-bond acceptors (Lipinski definition) is 8. The summed E-state index contributed by atoms with van der Waals surface area (Å²) in [5.74, 6) is 0.0393. The number of primary amides is 1. The van der Waals surface area contributed by atoms with E-state index in [2.05, 4.69) is 20.5 Å². The molecular weight excluding hydrogens is 474 g/mol. The van der Waals surface area contributed by atoms with Gasteiger partial charge in [-0.15, -0.1) is 10.2 Å². The molecule has 0 aliphatic heterocycles. The van der Waals surface area contributed by atoms with Crippen LogP contribution in [0.5, 0.6) is 11.6 Å². The number of ether oxygens (including phenoxy) is 1. The van der Waals surface area contributed by atoms with Crippen LogP contribution in [0.4, 0.5) is 11.6 Å². The van der Waals surface area contributed by atoms with Gasteiger partial charge < -0.3 is 15.8 Å². The van der Waals surface area contributed by atoms with Gasteiger partial charge in [0.05, 0.1) is 6.54 Å². The number of rotatable bonds is 8. The molecule has 35 heavy (non-hydrogen) atoms. The fourth-order valence-corrected chi connectivity index (χ4v) is 3.30. The van der Waals surface area contributed by atoms with Gasteiger partial charge in [0, 0.05) is 23.3 Å². The van der Waals surface area contributed by atoms with Gasteiger partial charge in [-0.25, -0.2) is 14.2 Å². The van der Waals surface area contributed by atoms with E-state index >= 15 is 0 Å². The molecule has 0 atom stereocenters. The third kappa shape index (κ3) is 5.53. The smallest absolute Gasteiger partial charge is 0.354 e. The molecule has 2 aromatic heterocycles. The van der Waals surface area contributed by atoms with Gasteiger partial charge in [-0.3, -0.25) is 9.36 Å². The first-order valence-electron chi connectivity index (χ1n) is 10.5. The highest BCUT2D eigenvalue weighted by atomic mass is 35.5. The van der Waals surface area contributed by atoms with E-state index < -0.39 is 17.3 Å². The van der Waals surface area contributed by atoms with Gasteiger partial charge in [-0.05, 0) is 55.0 Å². The number of aromatic nitrogens is 5. The molecule has 0 unspecified atom stereocenters. The van der Waals surface area contributed by atoms with E-state index in [1.54, 1.807) is 55.5 Å². The molecule has 12 heteroatoms. The number of carbonyl (C=O) groups is 1. The van der Waals surface area contributed by atoms with Crippen molar-refractivity contribution in [2.75, 3.05) is 5.32 Å². The number of amides is 1. The molecular formula is C23H20ClN7O4. The molecule has 0 spiro atoms. The van der Waals surface area contributed by atoms with E-state index in [9.17, 15) is 14.4 Å².